The summed E-state index contributed by atoms with van der Waals surface area (Å²) in [5, 5.41) is 12.8. The molecule has 0 saturated carbocycles. The van der Waals surface area contributed by atoms with Crippen LogP contribution in [0.25, 0.3) is 0 Å². The van der Waals surface area contributed by atoms with Crippen molar-refractivity contribution in [2.75, 3.05) is 16.6 Å². The first-order valence-electron chi connectivity index (χ1n) is 9.26. The largest absolute Gasteiger partial charge is 0.501 e. The summed E-state index contributed by atoms with van der Waals surface area (Å²) in [6.07, 6.45) is 1.14. The quantitative estimate of drug-likeness (QED) is 0.760. The van der Waals surface area contributed by atoms with Crippen LogP contribution in [-0.2, 0) is 23.6 Å². The maximum atomic E-state index is 12.6. The van der Waals surface area contributed by atoms with Gasteiger partial charge in [-0.3, -0.25) is 14.2 Å². The van der Waals surface area contributed by atoms with Gasteiger partial charge in [-0.25, -0.2) is 17.7 Å². The van der Waals surface area contributed by atoms with Gasteiger partial charge >= 0.3 is 0 Å². The van der Waals surface area contributed by atoms with Crippen molar-refractivity contribution < 1.29 is 18.3 Å². The molecule has 3 rings (SSSR count). The molecule has 10 heteroatoms. The predicted molar refractivity (Wildman–Crippen MR) is 109 cm³/mol. The third-order valence-electron chi connectivity index (χ3n) is 5.06. The molecule has 0 atom stereocenters. The van der Waals surface area contributed by atoms with Crippen molar-refractivity contribution in [1.29, 1.82) is 0 Å². The first-order valence-corrected chi connectivity index (χ1v) is 10.9. The SMILES string of the molecule is Cc1ccc(CNC(=O)c2nc(N3CCCCS3(=O)=O)n(C)c(=O)c2O)cc1C. The van der Waals surface area contributed by atoms with E-state index in [9.17, 15) is 23.1 Å². The minimum absolute atomic E-state index is 0.0575. The van der Waals surface area contributed by atoms with Gasteiger partial charge in [0.25, 0.3) is 11.5 Å². The molecule has 9 nitrogen and oxygen atoms in total. The zero-order valence-electron chi connectivity index (χ0n) is 16.6. The summed E-state index contributed by atoms with van der Waals surface area (Å²) in [5.74, 6) is -1.81. The highest BCUT2D eigenvalue weighted by Crippen LogP contribution is 2.22. The molecular weight excluding hydrogens is 396 g/mol. The average molecular weight is 420 g/mol. The van der Waals surface area contributed by atoms with Crippen LogP contribution in [0, 0.1) is 13.8 Å². The predicted octanol–water partition coefficient (Wildman–Crippen LogP) is 0.963. The molecule has 29 heavy (non-hydrogen) atoms. The lowest BCUT2D eigenvalue weighted by atomic mass is 10.1. The lowest BCUT2D eigenvalue weighted by Crippen LogP contribution is -2.42. The zero-order chi connectivity index (χ0) is 21.3. The van der Waals surface area contributed by atoms with Gasteiger partial charge in [-0.1, -0.05) is 18.2 Å². The Morgan fingerprint density at radius 2 is 1.97 bits per heavy atom. The summed E-state index contributed by atoms with van der Waals surface area (Å²) < 4.78 is 26.7. The summed E-state index contributed by atoms with van der Waals surface area (Å²) >= 11 is 0. The number of sulfonamides is 1. The Hall–Kier alpha value is -2.88. The number of aromatic nitrogens is 2. The molecule has 1 saturated heterocycles. The number of hydrogen-bond donors (Lipinski definition) is 2. The van der Waals surface area contributed by atoms with Crippen molar-refractivity contribution in [1.82, 2.24) is 14.9 Å². The van der Waals surface area contributed by atoms with Crippen LogP contribution in [0.2, 0.25) is 0 Å². The molecular formula is C19H24N4O5S. The summed E-state index contributed by atoms with van der Waals surface area (Å²) in [4.78, 5) is 29.0. The highest BCUT2D eigenvalue weighted by atomic mass is 32.2. The van der Waals surface area contributed by atoms with Gasteiger partial charge < -0.3 is 10.4 Å². The number of anilines is 1. The summed E-state index contributed by atoms with van der Waals surface area (Å²) in [7, 11) is -2.33. The summed E-state index contributed by atoms with van der Waals surface area (Å²) in [6.45, 7) is 4.28. The molecule has 2 heterocycles. The Kier molecular flexibility index (Phi) is 5.65. The van der Waals surface area contributed by atoms with Crippen LogP contribution in [0.4, 0.5) is 5.95 Å². The molecule has 1 aliphatic heterocycles. The van der Waals surface area contributed by atoms with Gasteiger partial charge in [0.15, 0.2) is 5.69 Å². The number of benzene rings is 1. The fraction of sp³-hybridized carbons (Fsp3) is 0.421. The van der Waals surface area contributed by atoms with E-state index in [-0.39, 0.29) is 24.8 Å². The fourth-order valence-electron chi connectivity index (χ4n) is 3.15. The molecule has 1 aromatic carbocycles. The standard InChI is InChI=1S/C19H24N4O5S/c1-12-6-7-14(10-13(12)2)11-20-17(25)15-16(24)18(26)22(3)19(21-15)23-8-4-5-9-29(23,27)28/h6-7,10,24H,4-5,8-9,11H2,1-3H3,(H,20,25). The van der Waals surface area contributed by atoms with Gasteiger partial charge in [0, 0.05) is 20.1 Å². The molecule has 0 bridgehead atoms. The molecule has 156 valence electrons. The van der Waals surface area contributed by atoms with Crippen molar-refractivity contribution in [3.05, 3.63) is 50.9 Å². The maximum Gasteiger partial charge on any atom is 0.297 e. The minimum atomic E-state index is -3.64. The molecule has 1 aliphatic rings. The molecule has 0 unspecified atom stereocenters. The summed E-state index contributed by atoms with van der Waals surface area (Å²) in [5.41, 5.74) is 1.67. The number of nitrogens with zero attached hydrogens (tertiary/aromatic N) is 3. The van der Waals surface area contributed by atoms with Gasteiger partial charge in [-0.15, -0.1) is 0 Å². The van der Waals surface area contributed by atoms with Gasteiger partial charge in [0.1, 0.15) is 0 Å². The Morgan fingerprint density at radius 3 is 2.62 bits per heavy atom. The van der Waals surface area contributed by atoms with Gasteiger partial charge in [-0.05, 0) is 43.4 Å². The molecule has 2 aromatic rings. The first-order chi connectivity index (χ1) is 13.6. The highest BCUT2D eigenvalue weighted by molar-refractivity contribution is 7.92. The van der Waals surface area contributed by atoms with E-state index in [0.717, 1.165) is 25.6 Å². The van der Waals surface area contributed by atoms with Crippen molar-refractivity contribution in [3.8, 4) is 5.75 Å². The van der Waals surface area contributed by atoms with Gasteiger partial charge in [-0.2, -0.15) is 0 Å². The monoisotopic (exact) mass is 420 g/mol. The van der Waals surface area contributed by atoms with E-state index in [4.69, 9.17) is 0 Å². The van der Waals surface area contributed by atoms with Crippen LogP contribution in [0.15, 0.2) is 23.0 Å². The maximum absolute atomic E-state index is 12.6. The molecule has 0 radical (unpaired) electrons. The Bertz CT molecular complexity index is 1120. The number of carbonyl (C=O) groups excluding carboxylic acids is 1. The Balaban J connectivity index is 1.92. The number of aromatic hydroxyl groups is 1. The Labute approximate surface area is 169 Å². The number of aryl methyl sites for hydroxylation is 2. The topological polar surface area (TPSA) is 122 Å². The molecule has 1 fully saturated rings. The van der Waals surface area contributed by atoms with E-state index in [2.05, 4.69) is 10.3 Å². The Morgan fingerprint density at radius 1 is 1.24 bits per heavy atom. The van der Waals surface area contributed by atoms with Crippen molar-refractivity contribution in [3.63, 3.8) is 0 Å². The third-order valence-corrected chi connectivity index (χ3v) is 6.88. The normalized spacial score (nSPS) is 15.9. The van der Waals surface area contributed by atoms with E-state index < -0.39 is 32.9 Å². The fourth-order valence-corrected chi connectivity index (χ4v) is 4.76. The van der Waals surface area contributed by atoms with E-state index in [0.29, 0.717) is 12.8 Å². The number of carbonyl (C=O) groups is 1. The van der Waals surface area contributed by atoms with Crippen LogP contribution in [0.3, 0.4) is 0 Å². The van der Waals surface area contributed by atoms with Crippen molar-refractivity contribution in [2.24, 2.45) is 7.05 Å². The van der Waals surface area contributed by atoms with Crippen LogP contribution in [-0.4, -0.2) is 41.3 Å². The van der Waals surface area contributed by atoms with Crippen LogP contribution >= 0.6 is 0 Å². The number of amides is 1. The molecule has 0 spiro atoms. The van der Waals surface area contributed by atoms with Gasteiger partial charge in [0.2, 0.25) is 21.7 Å². The van der Waals surface area contributed by atoms with E-state index in [1.165, 1.54) is 7.05 Å². The molecule has 1 aromatic heterocycles. The molecule has 2 N–H and O–H groups in total. The molecule has 0 aliphatic carbocycles. The van der Waals surface area contributed by atoms with Crippen molar-refractivity contribution >= 4 is 21.9 Å². The second-order valence-corrected chi connectivity index (χ2v) is 9.18. The van der Waals surface area contributed by atoms with Crippen LogP contribution < -0.4 is 15.2 Å². The average Bonchev–Trinajstić information content (AvgIpc) is 2.67. The van der Waals surface area contributed by atoms with Gasteiger partial charge in [0.05, 0.1) is 5.75 Å². The number of hydrogen-bond acceptors (Lipinski definition) is 6. The van der Waals surface area contributed by atoms with E-state index in [1.54, 1.807) is 0 Å². The second kappa shape index (κ2) is 7.86. The third kappa shape index (κ3) is 4.12. The zero-order valence-corrected chi connectivity index (χ0v) is 17.4. The second-order valence-electron chi connectivity index (χ2n) is 7.17. The number of nitrogens with one attached hydrogen (secondary N) is 1. The highest BCUT2D eigenvalue weighted by Gasteiger charge is 2.31. The van der Waals surface area contributed by atoms with E-state index >= 15 is 0 Å². The molecule has 1 amide bonds. The minimum Gasteiger partial charge on any atom is -0.501 e. The van der Waals surface area contributed by atoms with Crippen LogP contribution in [0.1, 0.15) is 40.0 Å². The smallest absolute Gasteiger partial charge is 0.297 e. The van der Waals surface area contributed by atoms with Crippen LogP contribution in [0.5, 0.6) is 5.75 Å². The summed E-state index contributed by atoms with van der Waals surface area (Å²) in [6, 6.07) is 5.73. The first kappa shape index (κ1) is 20.8. The number of rotatable bonds is 4. The lowest BCUT2D eigenvalue weighted by Gasteiger charge is -2.28. The lowest BCUT2D eigenvalue weighted by molar-refractivity contribution is 0.0942. The van der Waals surface area contributed by atoms with E-state index in [1.807, 2.05) is 32.0 Å². The van der Waals surface area contributed by atoms with Crippen molar-refractivity contribution in [2.45, 2.75) is 33.2 Å².